The van der Waals surface area contributed by atoms with Gasteiger partial charge in [0.25, 0.3) is 0 Å². The van der Waals surface area contributed by atoms with E-state index in [1.165, 1.54) is 0 Å². The highest BCUT2D eigenvalue weighted by molar-refractivity contribution is 5.85. The van der Waals surface area contributed by atoms with Crippen molar-refractivity contribution in [3.05, 3.63) is 35.9 Å². The Morgan fingerprint density at radius 2 is 1.74 bits per heavy atom. The van der Waals surface area contributed by atoms with Gasteiger partial charge in [0.1, 0.15) is 12.6 Å². The number of nitrogens with one attached hydrogen (secondary N) is 2. The van der Waals surface area contributed by atoms with Crippen molar-refractivity contribution in [1.29, 1.82) is 0 Å². The van der Waals surface area contributed by atoms with Crippen molar-refractivity contribution in [2.75, 3.05) is 26.8 Å². The smallest absolute Gasteiger partial charge is 0.328 e. The van der Waals surface area contributed by atoms with E-state index >= 15 is 0 Å². The third-order valence-electron chi connectivity index (χ3n) is 4.71. The lowest BCUT2D eigenvalue weighted by atomic mass is 10.1. The van der Waals surface area contributed by atoms with Gasteiger partial charge in [0.2, 0.25) is 11.8 Å². The van der Waals surface area contributed by atoms with Crippen molar-refractivity contribution >= 4 is 17.8 Å². The highest BCUT2D eigenvalue weighted by atomic mass is 16.5. The van der Waals surface area contributed by atoms with Crippen molar-refractivity contribution in [3.63, 3.8) is 0 Å². The number of methoxy groups -OCH3 is 1. The fourth-order valence-electron chi connectivity index (χ4n) is 2.91. The molecule has 31 heavy (non-hydrogen) atoms. The minimum absolute atomic E-state index is 0.119. The van der Waals surface area contributed by atoms with Crippen molar-refractivity contribution in [2.45, 2.75) is 64.0 Å². The normalized spacial score (nSPS) is 11.5. The zero-order valence-corrected chi connectivity index (χ0v) is 18.6. The quantitative estimate of drug-likeness (QED) is 0.254. The van der Waals surface area contributed by atoms with E-state index in [-0.39, 0.29) is 31.3 Å². The highest BCUT2D eigenvalue weighted by Gasteiger charge is 2.23. The predicted octanol–water partition coefficient (Wildman–Crippen LogP) is 2.06. The molecule has 1 rings (SSSR count). The number of carbonyl (C=O) groups is 3. The van der Waals surface area contributed by atoms with Gasteiger partial charge in [-0.3, -0.25) is 9.59 Å². The number of nitrogens with two attached hydrogens (primary N) is 1. The first kappa shape index (κ1) is 26.6. The second-order valence-corrected chi connectivity index (χ2v) is 7.40. The van der Waals surface area contributed by atoms with E-state index in [1.54, 1.807) is 7.11 Å². The Labute approximate surface area is 185 Å². The van der Waals surface area contributed by atoms with Gasteiger partial charge in [-0.2, -0.15) is 0 Å². The van der Waals surface area contributed by atoms with Crippen molar-refractivity contribution < 1.29 is 23.9 Å². The summed E-state index contributed by atoms with van der Waals surface area (Å²) in [7, 11) is 1.64. The maximum atomic E-state index is 12.6. The minimum atomic E-state index is -0.857. The first-order valence-electron chi connectivity index (χ1n) is 11.0. The van der Waals surface area contributed by atoms with Gasteiger partial charge in [-0.1, -0.05) is 36.8 Å². The summed E-state index contributed by atoms with van der Waals surface area (Å²) in [5, 5.41) is 5.55. The Balaban J connectivity index is 2.50. The number of amides is 2. The van der Waals surface area contributed by atoms with E-state index in [4.69, 9.17) is 15.2 Å². The Kier molecular flexibility index (Phi) is 14.8. The molecule has 0 spiro atoms. The first-order chi connectivity index (χ1) is 15.1. The van der Waals surface area contributed by atoms with Gasteiger partial charge in [-0.25, -0.2) is 4.79 Å². The molecule has 1 aromatic carbocycles. The van der Waals surface area contributed by atoms with Gasteiger partial charge in [0, 0.05) is 33.1 Å². The second kappa shape index (κ2) is 17.3. The Morgan fingerprint density at radius 1 is 0.968 bits per heavy atom. The molecule has 0 aliphatic heterocycles. The fourth-order valence-corrected chi connectivity index (χ4v) is 2.91. The third kappa shape index (κ3) is 13.5. The van der Waals surface area contributed by atoms with E-state index in [9.17, 15) is 14.4 Å². The van der Waals surface area contributed by atoms with Gasteiger partial charge < -0.3 is 25.8 Å². The van der Waals surface area contributed by atoms with Gasteiger partial charge in [-0.15, -0.1) is 0 Å². The average Bonchev–Trinajstić information content (AvgIpc) is 2.78. The number of benzene rings is 1. The molecule has 0 radical (unpaired) electrons. The van der Waals surface area contributed by atoms with E-state index < -0.39 is 12.0 Å². The number of hydrogen-bond donors (Lipinski definition) is 3. The van der Waals surface area contributed by atoms with Gasteiger partial charge in [0.05, 0.1) is 0 Å². The molecule has 0 aromatic heterocycles. The van der Waals surface area contributed by atoms with E-state index in [0.29, 0.717) is 32.5 Å². The van der Waals surface area contributed by atoms with Crippen LogP contribution in [0.3, 0.4) is 0 Å². The summed E-state index contributed by atoms with van der Waals surface area (Å²) in [6.45, 7) is 1.92. The second-order valence-electron chi connectivity index (χ2n) is 7.40. The molecule has 4 N–H and O–H groups in total. The molecule has 174 valence electrons. The number of hydrogen-bond acceptors (Lipinski definition) is 6. The zero-order valence-electron chi connectivity index (χ0n) is 18.6. The van der Waals surface area contributed by atoms with Gasteiger partial charge >= 0.3 is 5.97 Å². The average molecular weight is 436 g/mol. The standard InChI is InChI=1S/C23H37N3O5/c1-30-17-9-8-16-25-21(27)14-13-20(26-22(28)12-6-3-7-15-24)23(29)31-18-19-10-4-2-5-11-19/h2,4-5,10-11,20H,3,6-9,12-18,24H2,1H3,(H,25,27)(H,26,28). The van der Waals surface area contributed by atoms with Gasteiger partial charge in [-0.05, 0) is 44.2 Å². The molecule has 8 nitrogen and oxygen atoms in total. The summed E-state index contributed by atoms with van der Waals surface area (Å²) in [4.78, 5) is 36.9. The number of carbonyl (C=O) groups excluding carboxylic acids is 3. The Hall–Kier alpha value is -2.45. The van der Waals surface area contributed by atoms with Crippen molar-refractivity contribution in [3.8, 4) is 0 Å². The molecule has 1 atom stereocenters. The Bertz CT molecular complexity index is 639. The molecule has 1 aromatic rings. The lowest BCUT2D eigenvalue weighted by molar-refractivity contribution is -0.149. The lowest BCUT2D eigenvalue weighted by Crippen LogP contribution is -2.42. The summed E-state index contributed by atoms with van der Waals surface area (Å²) in [6.07, 6.45) is 4.74. The summed E-state index contributed by atoms with van der Waals surface area (Å²) in [5.74, 6) is -0.916. The maximum Gasteiger partial charge on any atom is 0.328 e. The summed E-state index contributed by atoms with van der Waals surface area (Å²) >= 11 is 0. The molecular formula is C23H37N3O5. The Morgan fingerprint density at radius 3 is 2.45 bits per heavy atom. The number of ether oxygens (including phenoxy) is 2. The van der Waals surface area contributed by atoms with Crippen LogP contribution in [-0.2, 0) is 30.5 Å². The van der Waals surface area contributed by atoms with E-state index in [2.05, 4.69) is 10.6 Å². The van der Waals surface area contributed by atoms with Crippen LogP contribution in [-0.4, -0.2) is 50.6 Å². The minimum Gasteiger partial charge on any atom is -0.459 e. The van der Waals surface area contributed by atoms with Crippen LogP contribution in [0.5, 0.6) is 0 Å². The van der Waals surface area contributed by atoms with Crippen LogP contribution in [0.2, 0.25) is 0 Å². The molecule has 2 amide bonds. The van der Waals surface area contributed by atoms with E-state index in [0.717, 1.165) is 31.2 Å². The number of unbranched alkanes of at least 4 members (excludes halogenated alkanes) is 3. The van der Waals surface area contributed by atoms with Crippen LogP contribution in [0.25, 0.3) is 0 Å². The molecule has 1 unspecified atom stereocenters. The van der Waals surface area contributed by atoms with Crippen LogP contribution in [0.15, 0.2) is 30.3 Å². The molecular weight excluding hydrogens is 398 g/mol. The molecule has 8 heteroatoms. The molecule has 0 aliphatic carbocycles. The molecule has 0 heterocycles. The zero-order chi connectivity index (χ0) is 22.7. The number of esters is 1. The topological polar surface area (TPSA) is 120 Å². The maximum absolute atomic E-state index is 12.6. The first-order valence-corrected chi connectivity index (χ1v) is 11.0. The monoisotopic (exact) mass is 435 g/mol. The molecule has 0 saturated heterocycles. The SMILES string of the molecule is COCCCCNC(=O)CCC(NC(=O)CCCCCN)C(=O)OCc1ccccc1. The van der Waals surface area contributed by atoms with Crippen LogP contribution in [0, 0.1) is 0 Å². The van der Waals surface area contributed by atoms with Gasteiger partial charge in [0.15, 0.2) is 0 Å². The summed E-state index contributed by atoms with van der Waals surface area (Å²) < 4.78 is 10.4. The summed E-state index contributed by atoms with van der Waals surface area (Å²) in [6, 6.07) is 8.46. The van der Waals surface area contributed by atoms with Crippen LogP contribution >= 0.6 is 0 Å². The van der Waals surface area contributed by atoms with Crippen molar-refractivity contribution in [1.82, 2.24) is 10.6 Å². The molecule has 0 bridgehead atoms. The lowest BCUT2D eigenvalue weighted by Gasteiger charge is -2.18. The fraction of sp³-hybridized carbons (Fsp3) is 0.609. The van der Waals surface area contributed by atoms with E-state index in [1.807, 2.05) is 30.3 Å². The highest BCUT2D eigenvalue weighted by Crippen LogP contribution is 2.07. The largest absolute Gasteiger partial charge is 0.459 e. The molecule has 0 fully saturated rings. The molecule has 0 saturated carbocycles. The predicted molar refractivity (Wildman–Crippen MR) is 119 cm³/mol. The molecule has 0 aliphatic rings. The van der Waals surface area contributed by atoms with Crippen LogP contribution in [0.4, 0.5) is 0 Å². The number of rotatable bonds is 17. The van der Waals surface area contributed by atoms with Crippen LogP contribution in [0.1, 0.15) is 56.9 Å². The van der Waals surface area contributed by atoms with Crippen molar-refractivity contribution in [2.24, 2.45) is 5.73 Å². The van der Waals surface area contributed by atoms with Crippen LogP contribution < -0.4 is 16.4 Å². The third-order valence-corrected chi connectivity index (χ3v) is 4.71. The summed E-state index contributed by atoms with van der Waals surface area (Å²) in [5.41, 5.74) is 6.33.